The van der Waals surface area contributed by atoms with Crippen molar-refractivity contribution in [1.29, 1.82) is 0 Å². The number of aryl methyl sites for hydroxylation is 1. The van der Waals surface area contributed by atoms with E-state index in [2.05, 4.69) is 21.8 Å². The summed E-state index contributed by atoms with van der Waals surface area (Å²) in [7, 11) is 0. The van der Waals surface area contributed by atoms with Crippen molar-refractivity contribution in [2.75, 3.05) is 38.5 Å². The van der Waals surface area contributed by atoms with Crippen LogP contribution in [0.2, 0.25) is 0 Å². The van der Waals surface area contributed by atoms with Crippen LogP contribution in [0, 0.1) is 6.92 Å². The molecule has 2 heterocycles. The van der Waals surface area contributed by atoms with E-state index in [1.54, 1.807) is 24.3 Å². The number of ketones is 1. The highest BCUT2D eigenvalue weighted by atomic mass is 19.4. The number of hydrogen-bond donors (Lipinski definition) is 1. The molecule has 37 heavy (non-hydrogen) atoms. The second-order valence-electron chi connectivity index (χ2n) is 9.16. The van der Waals surface area contributed by atoms with Gasteiger partial charge >= 0.3 is 6.18 Å². The molecule has 0 aliphatic carbocycles. The number of Topliss-reactive ketones (excluding diaryl/α,β-unsaturated/α-hetero) is 1. The van der Waals surface area contributed by atoms with Crippen molar-refractivity contribution in [1.82, 2.24) is 19.8 Å². The number of aromatic nitrogens is 2. The largest absolute Gasteiger partial charge is 0.439 e. The van der Waals surface area contributed by atoms with Crippen molar-refractivity contribution in [3.8, 4) is 11.6 Å². The minimum Gasteiger partial charge on any atom is -0.439 e. The number of rotatable bonds is 8. The molecule has 0 unspecified atom stereocenters. The second kappa shape index (κ2) is 11.3. The first-order valence-electron chi connectivity index (χ1n) is 12.2. The number of nitrogens with zero attached hydrogens (tertiary/aromatic N) is 4. The third kappa shape index (κ3) is 6.84. The van der Waals surface area contributed by atoms with Crippen molar-refractivity contribution < 1.29 is 22.7 Å². The zero-order chi connectivity index (χ0) is 26.6. The predicted molar refractivity (Wildman–Crippen MR) is 135 cm³/mol. The van der Waals surface area contributed by atoms with Gasteiger partial charge in [0.05, 0.1) is 5.56 Å². The molecule has 0 atom stereocenters. The fourth-order valence-corrected chi connectivity index (χ4v) is 4.33. The Morgan fingerprint density at radius 1 is 1.03 bits per heavy atom. The highest BCUT2D eigenvalue weighted by molar-refractivity contribution is 5.98. The Morgan fingerprint density at radius 2 is 1.76 bits per heavy atom. The number of likely N-dealkylation sites (N-methyl/N-ethyl adjacent to an activating group) is 1. The molecule has 10 heteroatoms. The molecule has 3 aromatic rings. The van der Waals surface area contributed by atoms with Crippen LogP contribution >= 0.6 is 0 Å². The summed E-state index contributed by atoms with van der Waals surface area (Å²) in [5.74, 6) is 0.547. The number of alkyl halides is 3. The van der Waals surface area contributed by atoms with Crippen molar-refractivity contribution >= 4 is 11.6 Å². The van der Waals surface area contributed by atoms with Gasteiger partial charge in [-0.25, -0.2) is 9.97 Å². The molecule has 2 aromatic carbocycles. The van der Waals surface area contributed by atoms with Crippen LogP contribution in [0.15, 0.2) is 48.8 Å². The summed E-state index contributed by atoms with van der Waals surface area (Å²) >= 11 is 0. The lowest BCUT2D eigenvalue weighted by Crippen LogP contribution is -2.45. The standard InChI is InChI=1S/C27H30F3N5O2/c1-3-34-8-10-35(11-9-34)16-21-7-5-19(12-22(21)27(28,29)30)13-23(36)20-6-4-18(2)24(14-20)37-26-15-25(31)32-17-33-26/h4-7,12,14-15,17H,3,8-11,13,16H2,1-2H3,(H2,31,32,33). The number of anilines is 1. The van der Waals surface area contributed by atoms with Gasteiger partial charge in [-0.1, -0.05) is 31.2 Å². The molecule has 0 spiro atoms. The van der Waals surface area contributed by atoms with E-state index in [4.69, 9.17) is 10.5 Å². The number of carbonyl (C=O) groups is 1. The van der Waals surface area contributed by atoms with Gasteiger partial charge in [0.2, 0.25) is 5.88 Å². The second-order valence-corrected chi connectivity index (χ2v) is 9.16. The Labute approximate surface area is 214 Å². The predicted octanol–water partition coefficient (Wildman–Crippen LogP) is 4.74. The molecule has 1 aliphatic rings. The van der Waals surface area contributed by atoms with Gasteiger partial charge in [0.25, 0.3) is 0 Å². The summed E-state index contributed by atoms with van der Waals surface area (Å²) in [6, 6.07) is 10.6. The smallest absolute Gasteiger partial charge is 0.416 e. The Balaban J connectivity index is 1.50. The van der Waals surface area contributed by atoms with E-state index >= 15 is 0 Å². The quantitative estimate of drug-likeness (QED) is 0.436. The van der Waals surface area contributed by atoms with E-state index in [0.29, 0.717) is 16.9 Å². The van der Waals surface area contributed by atoms with Crippen molar-refractivity contribution in [2.24, 2.45) is 0 Å². The van der Waals surface area contributed by atoms with Gasteiger partial charge < -0.3 is 15.4 Å². The maximum Gasteiger partial charge on any atom is 0.416 e. The number of benzene rings is 2. The fourth-order valence-electron chi connectivity index (χ4n) is 4.33. The highest BCUT2D eigenvalue weighted by Crippen LogP contribution is 2.34. The van der Waals surface area contributed by atoms with E-state index < -0.39 is 11.7 Å². The molecule has 0 bridgehead atoms. The molecule has 0 amide bonds. The summed E-state index contributed by atoms with van der Waals surface area (Å²) in [5.41, 5.74) is 6.60. The van der Waals surface area contributed by atoms with Crippen LogP contribution in [-0.2, 0) is 19.1 Å². The van der Waals surface area contributed by atoms with E-state index in [1.165, 1.54) is 18.5 Å². The van der Waals surface area contributed by atoms with E-state index in [1.807, 2.05) is 11.8 Å². The number of nitrogen functional groups attached to an aromatic ring is 1. The summed E-state index contributed by atoms with van der Waals surface area (Å²) in [5, 5.41) is 0. The minimum atomic E-state index is -4.51. The first-order valence-corrected chi connectivity index (χ1v) is 12.2. The highest BCUT2D eigenvalue weighted by Gasteiger charge is 2.34. The van der Waals surface area contributed by atoms with Crippen LogP contribution in [0.1, 0.15) is 39.5 Å². The molecular formula is C27H30F3N5O2. The minimum absolute atomic E-state index is 0.165. The van der Waals surface area contributed by atoms with Crippen molar-refractivity contribution in [3.05, 3.63) is 76.6 Å². The maximum atomic E-state index is 13.9. The molecule has 2 N–H and O–H groups in total. The van der Waals surface area contributed by atoms with Gasteiger partial charge in [0, 0.05) is 50.8 Å². The SMILES string of the molecule is CCN1CCN(Cc2ccc(CC(=O)c3ccc(C)c(Oc4cc(N)ncn4)c3)cc2C(F)(F)F)CC1. The molecule has 4 rings (SSSR count). The number of ether oxygens (including phenoxy) is 1. The zero-order valence-corrected chi connectivity index (χ0v) is 20.9. The van der Waals surface area contributed by atoms with E-state index in [0.717, 1.165) is 44.4 Å². The van der Waals surface area contributed by atoms with Crippen LogP contribution in [0.5, 0.6) is 11.6 Å². The maximum absolute atomic E-state index is 13.9. The first kappa shape index (κ1) is 26.6. The Hall–Kier alpha value is -3.50. The number of halogens is 3. The van der Waals surface area contributed by atoms with Crippen molar-refractivity contribution in [3.63, 3.8) is 0 Å². The first-order chi connectivity index (χ1) is 17.6. The normalized spacial score (nSPS) is 15.1. The number of carbonyl (C=O) groups excluding carboxylic acids is 1. The van der Waals surface area contributed by atoms with Gasteiger partial charge in [-0.15, -0.1) is 0 Å². The summed E-state index contributed by atoms with van der Waals surface area (Å²) in [6.45, 7) is 8.20. The summed E-state index contributed by atoms with van der Waals surface area (Å²) in [6.07, 6.45) is -3.41. The van der Waals surface area contributed by atoms with Gasteiger partial charge in [-0.3, -0.25) is 9.69 Å². The average molecular weight is 514 g/mol. The van der Waals surface area contributed by atoms with Crippen LogP contribution in [0.25, 0.3) is 0 Å². The van der Waals surface area contributed by atoms with Gasteiger partial charge in [-0.2, -0.15) is 13.2 Å². The molecule has 196 valence electrons. The Kier molecular flexibility index (Phi) is 8.09. The molecule has 7 nitrogen and oxygen atoms in total. The molecule has 1 fully saturated rings. The molecular weight excluding hydrogens is 483 g/mol. The number of piperazine rings is 1. The lowest BCUT2D eigenvalue weighted by molar-refractivity contribution is -0.138. The van der Waals surface area contributed by atoms with Gasteiger partial charge in [0.1, 0.15) is 17.9 Å². The molecule has 1 aliphatic heterocycles. The zero-order valence-electron chi connectivity index (χ0n) is 20.9. The van der Waals surface area contributed by atoms with Crippen molar-refractivity contribution in [2.45, 2.75) is 33.0 Å². The molecule has 1 saturated heterocycles. The lowest BCUT2D eigenvalue weighted by atomic mass is 9.97. The number of hydrogen-bond acceptors (Lipinski definition) is 7. The monoisotopic (exact) mass is 513 g/mol. The van der Waals surface area contributed by atoms with E-state index in [9.17, 15) is 18.0 Å². The topological polar surface area (TPSA) is 84.6 Å². The van der Waals surface area contributed by atoms with Gasteiger partial charge in [-0.05, 0) is 42.3 Å². The van der Waals surface area contributed by atoms with Gasteiger partial charge in [0.15, 0.2) is 5.78 Å². The lowest BCUT2D eigenvalue weighted by Gasteiger charge is -2.34. The average Bonchev–Trinajstić information content (AvgIpc) is 2.86. The molecule has 0 radical (unpaired) electrons. The third-order valence-electron chi connectivity index (χ3n) is 6.54. The van der Waals surface area contributed by atoms with E-state index in [-0.39, 0.29) is 36.0 Å². The van der Waals surface area contributed by atoms with Crippen LogP contribution in [0.4, 0.5) is 19.0 Å². The fraction of sp³-hybridized carbons (Fsp3) is 0.370. The third-order valence-corrected chi connectivity index (χ3v) is 6.54. The molecule has 1 aromatic heterocycles. The van der Waals surface area contributed by atoms with Crippen LogP contribution in [0.3, 0.4) is 0 Å². The Morgan fingerprint density at radius 3 is 2.43 bits per heavy atom. The molecule has 0 saturated carbocycles. The Bertz CT molecular complexity index is 1260. The van der Waals surface area contributed by atoms with Crippen LogP contribution in [-0.4, -0.2) is 58.3 Å². The summed E-state index contributed by atoms with van der Waals surface area (Å²) in [4.78, 5) is 25.1. The number of nitrogens with two attached hydrogens (primary N) is 1. The van der Waals surface area contributed by atoms with Crippen LogP contribution < -0.4 is 10.5 Å². The summed E-state index contributed by atoms with van der Waals surface area (Å²) < 4.78 is 47.6.